The molecule has 0 spiro atoms. The highest BCUT2D eigenvalue weighted by atomic mass is 16.5. The third-order valence-corrected chi connectivity index (χ3v) is 3.91. The van der Waals surface area contributed by atoms with E-state index in [0.29, 0.717) is 42.6 Å². The third kappa shape index (κ3) is 6.27. The summed E-state index contributed by atoms with van der Waals surface area (Å²) in [6.45, 7) is 6.92. The van der Waals surface area contributed by atoms with Crippen molar-refractivity contribution >= 4 is 18.2 Å². The average Bonchev–Trinajstić information content (AvgIpc) is 2.76. The lowest BCUT2D eigenvalue weighted by Crippen LogP contribution is -2.18. The van der Waals surface area contributed by atoms with E-state index >= 15 is 0 Å². The Balaban J connectivity index is 2.13. The number of para-hydroxylation sites is 1. The molecule has 160 valence electrons. The highest BCUT2D eigenvalue weighted by Crippen LogP contribution is 2.39. The Morgan fingerprint density at radius 1 is 0.967 bits per heavy atom. The van der Waals surface area contributed by atoms with Crippen LogP contribution in [-0.4, -0.2) is 39.1 Å². The first kappa shape index (κ1) is 22.8. The van der Waals surface area contributed by atoms with Crippen LogP contribution in [0, 0.1) is 0 Å². The standard InChI is InChI=1S/C23H28N2O5/c1-5-28-20-15-18(16-21(29-6-2)22(20)30-7-3)23(26)25-24-14-10-12-17-11-8-9-13-19(17)27-4/h8-16H,5-7H2,1-4H3,(H,25,26)/b12-10+,24-14+. The quantitative estimate of drug-likeness (QED) is 0.439. The fourth-order valence-corrected chi connectivity index (χ4v) is 2.67. The molecule has 0 saturated carbocycles. The molecule has 0 radical (unpaired) electrons. The minimum Gasteiger partial charge on any atom is -0.496 e. The lowest BCUT2D eigenvalue weighted by molar-refractivity contribution is 0.0954. The maximum Gasteiger partial charge on any atom is 0.271 e. The van der Waals surface area contributed by atoms with Gasteiger partial charge in [0, 0.05) is 17.3 Å². The zero-order valence-corrected chi connectivity index (χ0v) is 17.8. The number of amides is 1. The largest absolute Gasteiger partial charge is 0.496 e. The predicted molar refractivity (Wildman–Crippen MR) is 118 cm³/mol. The molecular formula is C23H28N2O5. The predicted octanol–water partition coefficient (Wildman–Crippen LogP) is 4.32. The third-order valence-electron chi connectivity index (χ3n) is 3.91. The summed E-state index contributed by atoms with van der Waals surface area (Å²) in [5.41, 5.74) is 3.77. The van der Waals surface area contributed by atoms with Gasteiger partial charge in [-0.2, -0.15) is 5.10 Å². The van der Waals surface area contributed by atoms with Crippen molar-refractivity contribution in [1.82, 2.24) is 5.43 Å². The summed E-state index contributed by atoms with van der Waals surface area (Å²) < 4.78 is 22.2. The van der Waals surface area contributed by atoms with Gasteiger partial charge in [-0.15, -0.1) is 0 Å². The van der Waals surface area contributed by atoms with E-state index in [-0.39, 0.29) is 5.91 Å². The Morgan fingerprint density at radius 3 is 2.20 bits per heavy atom. The zero-order valence-electron chi connectivity index (χ0n) is 17.8. The number of methoxy groups -OCH3 is 1. The van der Waals surface area contributed by atoms with E-state index in [1.165, 1.54) is 6.21 Å². The van der Waals surface area contributed by atoms with Crippen LogP contribution in [0.4, 0.5) is 0 Å². The Labute approximate surface area is 177 Å². The zero-order chi connectivity index (χ0) is 21.8. The van der Waals surface area contributed by atoms with Gasteiger partial charge in [0.25, 0.3) is 5.91 Å². The molecule has 0 aliphatic carbocycles. The van der Waals surface area contributed by atoms with E-state index in [0.717, 1.165) is 11.3 Å². The first-order valence-electron chi connectivity index (χ1n) is 9.84. The van der Waals surface area contributed by atoms with Gasteiger partial charge in [-0.25, -0.2) is 5.43 Å². The molecule has 0 bridgehead atoms. The summed E-state index contributed by atoms with van der Waals surface area (Å²) >= 11 is 0. The lowest BCUT2D eigenvalue weighted by atomic mass is 10.1. The highest BCUT2D eigenvalue weighted by molar-refractivity contribution is 5.96. The van der Waals surface area contributed by atoms with Crippen LogP contribution in [0.2, 0.25) is 0 Å². The smallest absolute Gasteiger partial charge is 0.271 e. The molecule has 2 aromatic rings. The molecule has 0 aliphatic heterocycles. The topological polar surface area (TPSA) is 78.4 Å². The van der Waals surface area contributed by atoms with Gasteiger partial charge in [-0.3, -0.25) is 4.79 Å². The molecule has 1 amide bonds. The maximum atomic E-state index is 12.5. The fourth-order valence-electron chi connectivity index (χ4n) is 2.67. The van der Waals surface area contributed by atoms with E-state index in [2.05, 4.69) is 10.5 Å². The first-order valence-corrected chi connectivity index (χ1v) is 9.84. The van der Waals surface area contributed by atoms with E-state index < -0.39 is 0 Å². The molecule has 1 N–H and O–H groups in total. The van der Waals surface area contributed by atoms with Gasteiger partial charge in [0.05, 0.1) is 26.9 Å². The summed E-state index contributed by atoms with van der Waals surface area (Å²) in [6, 6.07) is 10.8. The van der Waals surface area contributed by atoms with Crippen LogP contribution in [0.5, 0.6) is 23.0 Å². The molecule has 30 heavy (non-hydrogen) atoms. The molecule has 0 fully saturated rings. The molecular weight excluding hydrogens is 384 g/mol. The Hall–Kier alpha value is -3.48. The van der Waals surface area contributed by atoms with E-state index in [9.17, 15) is 4.79 Å². The summed E-state index contributed by atoms with van der Waals surface area (Å²) in [7, 11) is 1.62. The van der Waals surface area contributed by atoms with Gasteiger partial charge >= 0.3 is 0 Å². The van der Waals surface area contributed by atoms with Crippen molar-refractivity contribution in [1.29, 1.82) is 0 Å². The van der Waals surface area contributed by atoms with Crippen molar-refractivity contribution in [3.05, 3.63) is 53.6 Å². The molecule has 0 aromatic heterocycles. The lowest BCUT2D eigenvalue weighted by Gasteiger charge is -2.16. The van der Waals surface area contributed by atoms with Crippen molar-refractivity contribution in [2.45, 2.75) is 20.8 Å². The number of nitrogens with zero attached hydrogens (tertiary/aromatic N) is 1. The Morgan fingerprint density at radius 2 is 1.60 bits per heavy atom. The summed E-state index contributed by atoms with van der Waals surface area (Å²) in [5, 5.41) is 3.96. The number of carbonyl (C=O) groups is 1. The SMILES string of the molecule is CCOc1cc(C(=O)N/N=C/C=C/c2ccccc2OC)cc(OCC)c1OCC. The van der Waals surface area contributed by atoms with Crippen LogP contribution >= 0.6 is 0 Å². The molecule has 0 saturated heterocycles. The molecule has 7 heteroatoms. The van der Waals surface area contributed by atoms with Crippen LogP contribution in [0.3, 0.4) is 0 Å². The number of hydrogen-bond donors (Lipinski definition) is 1. The van der Waals surface area contributed by atoms with E-state index in [1.54, 1.807) is 25.3 Å². The van der Waals surface area contributed by atoms with Gasteiger partial charge < -0.3 is 18.9 Å². The van der Waals surface area contributed by atoms with Crippen LogP contribution in [0.1, 0.15) is 36.7 Å². The molecule has 0 atom stereocenters. The van der Waals surface area contributed by atoms with E-state index in [1.807, 2.05) is 51.1 Å². The normalized spacial score (nSPS) is 10.9. The number of nitrogens with one attached hydrogen (secondary N) is 1. The van der Waals surface area contributed by atoms with Crippen molar-refractivity contribution in [2.24, 2.45) is 5.10 Å². The van der Waals surface area contributed by atoms with Crippen LogP contribution in [0.25, 0.3) is 6.08 Å². The monoisotopic (exact) mass is 412 g/mol. The molecule has 0 unspecified atom stereocenters. The Bertz CT molecular complexity index is 866. The molecule has 2 aromatic carbocycles. The number of benzene rings is 2. The molecule has 2 rings (SSSR count). The van der Waals surface area contributed by atoms with Crippen LogP contribution < -0.4 is 24.4 Å². The summed E-state index contributed by atoms with van der Waals surface area (Å²) in [4.78, 5) is 12.5. The van der Waals surface area contributed by atoms with Crippen molar-refractivity contribution < 1.29 is 23.7 Å². The average molecular weight is 412 g/mol. The number of carbonyl (C=O) groups excluding carboxylic acids is 1. The van der Waals surface area contributed by atoms with Gasteiger partial charge in [-0.05, 0) is 51.1 Å². The first-order chi connectivity index (χ1) is 14.6. The highest BCUT2D eigenvalue weighted by Gasteiger charge is 2.18. The number of hydrogen-bond acceptors (Lipinski definition) is 6. The second kappa shape index (κ2) is 12.2. The molecule has 7 nitrogen and oxygen atoms in total. The number of rotatable bonds is 11. The number of allylic oxidation sites excluding steroid dienone is 1. The van der Waals surface area contributed by atoms with Crippen molar-refractivity contribution in [3.63, 3.8) is 0 Å². The van der Waals surface area contributed by atoms with Gasteiger partial charge in [0.2, 0.25) is 5.75 Å². The maximum absolute atomic E-state index is 12.5. The minimum absolute atomic E-state index is 0.358. The second-order valence-electron chi connectivity index (χ2n) is 5.92. The summed E-state index contributed by atoms with van der Waals surface area (Å²) in [5.74, 6) is 1.77. The molecule has 0 heterocycles. The van der Waals surface area contributed by atoms with Crippen molar-refractivity contribution in [2.75, 3.05) is 26.9 Å². The van der Waals surface area contributed by atoms with E-state index in [4.69, 9.17) is 18.9 Å². The van der Waals surface area contributed by atoms with Gasteiger partial charge in [0.15, 0.2) is 11.5 Å². The molecule has 0 aliphatic rings. The minimum atomic E-state index is -0.387. The van der Waals surface area contributed by atoms with Gasteiger partial charge in [-0.1, -0.05) is 18.2 Å². The Kier molecular flexibility index (Phi) is 9.24. The van der Waals surface area contributed by atoms with Crippen LogP contribution in [0.15, 0.2) is 47.6 Å². The fraction of sp³-hybridized carbons (Fsp3) is 0.304. The van der Waals surface area contributed by atoms with Crippen LogP contribution in [-0.2, 0) is 0 Å². The summed E-state index contributed by atoms with van der Waals surface area (Å²) in [6.07, 6.45) is 5.05. The van der Waals surface area contributed by atoms with Crippen molar-refractivity contribution in [3.8, 4) is 23.0 Å². The number of hydrazone groups is 1. The van der Waals surface area contributed by atoms with Gasteiger partial charge in [0.1, 0.15) is 5.75 Å². The number of ether oxygens (including phenoxy) is 4. The second-order valence-corrected chi connectivity index (χ2v) is 5.92.